The third kappa shape index (κ3) is 6.45. The van der Waals surface area contributed by atoms with Crippen LogP contribution in [0, 0.1) is 0 Å². The summed E-state index contributed by atoms with van der Waals surface area (Å²) in [7, 11) is 1.48. The van der Waals surface area contributed by atoms with Gasteiger partial charge in [0.2, 0.25) is 0 Å². The van der Waals surface area contributed by atoms with E-state index in [1.807, 2.05) is 19.1 Å². The van der Waals surface area contributed by atoms with Crippen molar-refractivity contribution < 1.29 is 32.2 Å². The van der Waals surface area contributed by atoms with Gasteiger partial charge >= 0.3 is 6.18 Å². The normalized spacial score (nSPS) is 11.2. The topological polar surface area (TPSA) is 56.8 Å². The Hall–Kier alpha value is -2.74. The fourth-order valence-electron chi connectivity index (χ4n) is 2.32. The van der Waals surface area contributed by atoms with Crippen LogP contribution in [-0.2, 0) is 22.1 Å². The summed E-state index contributed by atoms with van der Waals surface area (Å²) < 4.78 is 54.6. The van der Waals surface area contributed by atoms with Crippen LogP contribution in [0.25, 0.3) is 0 Å². The number of alkyl halides is 3. The highest BCUT2D eigenvalue weighted by Crippen LogP contribution is 2.35. The zero-order valence-electron chi connectivity index (χ0n) is 15.6. The Morgan fingerprint density at radius 1 is 1.04 bits per heavy atom. The molecule has 0 fully saturated rings. The van der Waals surface area contributed by atoms with Gasteiger partial charge in [-0.1, -0.05) is 19.1 Å². The molecule has 152 valence electrons. The van der Waals surface area contributed by atoms with Crippen molar-refractivity contribution in [2.75, 3.05) is 32.2 Å². The Morgan fingerprint density at radius 2 is 1.75 bits per heavy atom. The Morgan fingerprint density at radius 3 is 2.36 bits per heavy atom. The molecular weight excluding hydrogens is 375 g/mol. The Kier molecular flexibility index (Phi) is 7.69. The second kappa shape index (κ2) is 9.98. The molecule has 0 saturated carbocycles. The lowest BCUT2D eigenvalue weighted by molar-refractivity contribution is -0.137. The van der Waals surface area contributed by atoms with E-state index in [9.17, 15) is 18.0 Å². The van der Waals surface area contributed by atoms with E-state index in [1.165, 1.54) is 13.2 Å². The van der Waals surface area contributed by atoms with E-state index in [0.29, 0.717) is 5.75 Å². The van der Waals surface area contributed by atoms with E-state index < -0.39 is 17.6 Å². The van der Waals surface area contributed by atoms with Gasteiger partial charge in [-0.05, 0) is 42.3 Å². The van der Waals surface area contributed by atoms with Gasteiger partial charge in [-0.15, -0.1) is 0 Å². The number of nitrogens with one attached hydrogen (secondary N) is 1. The average Bonchev–Trinajstić information content (AvgIpc) is 2.67. The number of hydrogen-bond donors (Lipinski definition) is 1. The van der Waals surface area contributed by atoms with Gasteiger partial charge in [-0.3, -0.25) is 4.79 Å². The minimum atomic E-state index is -4.54. The lowest BCUT2D eigenvalue weighted by Crippen LogP contribution is -2.21. The van der Waals surface area contributed by atoms with E-state index in [-0.39, 0.29) is 31.3 Å². The molecule has 2 aromatic carbocycles. The molecule has 0 aliphatic rings. The number of anilines is 1. The fraction of sp³-hybridized carbons (Fsp3) is 0.350. The molecule has 0 unspecified atom stereocenters. The highest BCUT2D eigenvalue weighted by atomic mass is 19.4. The Bertz CT molecular complexity index is 776. The Labute approximate surface area is 161 Å². The Balaban J connectivity index is 2.06. The van der Waals surface area contributed by atoms with Crippen molar-refractivity contribution in [3.63, 3.8) is 0 Å². The van der Waals surface area contributed by atoms with Gasteiger partial charge in [0.15, 0.2) is 6.61 Å². The van der Waals surface area contributed by atoms with Gasteiger partial charge < -0.3 is 19.5 Å². The molecule has 8 heteroatoms. The van der Waals surface area contributed by atoms with Crippen molar-refractivity contribution in [3.05, 3.63) is 53.6 Å². The number of hydrogen-bond acceptors (Lipinski definition) is 4. The molecular formula is C20H22F3NO4. The summed E-state index contributed by atoms with van der Waals surface area (Å²) in [6.45, 7) is 2.06. The number of carbonyl (C=O) groups excluding carboxylic acids is 1. The second-order valence-corrected chi connectivity index (χ2v) is 5.88. The number of amides is 1. The summed E-state index contributed by atoms with van der Waals surface area (Å²) in [5.41, 5.74) is 0.150. The van der Waals surface area contributed by atoms with Crippen molar-refractivity contribution in [2.24, 2.45) is 0 Å². The first-order chi connectivity index (χ1) is 13.3. The number of ether oxygens (including phenoxy) is 3. The SMILES string of the molecule is CCc1ccc(OCC(=O)Nc2cc(C(F)(F)F)ccc2OCCOC)cc1. The maximum absolute atomic E-state index is 13.0. The standard InChI is InChI=1S/C20H22F3NO4/c1-3-14-4-7-16(8-5-14)28-13-19(25)24-17-12-15(20(21,22)23)6-9-18(17)27-11-10-26-2/h4-9,12H,3,10-11,13H2,1-2H3,(H,24,25). The molecule has 1 N–H and O–H groups in total. The maximum atomic E-state index is 13.0. The minimum absolute atomic E-state index is 0.0825. The van der Waals surface area contributed by atoms with Crippen molar-refractivity contribution in [2.45, 2.75) is 19.5 Å². The molecule has 0 aliphatic heterocycles. The lowest BCUT2D eigenvalue weighted by atomic mass is 10.1. The summed E-state index contributed by atoms with van der Waals surface area (Å²) in [6, 6.07) is 10.1. The van der Waals surface area contributed by atoms with Crippen LogP contribution in [0.15, 0.2) is 42.5 Å². The second-order valence-electron chi connectivity index (χ2n) is 5.88. The van der Waals surface area contributed by atoms with Crippen LogP contribution in [0.5, 0.6) is 11.5 Å². The van der Waals surface area contributed by atoms with Crippen molar-refractivity contribution >= 4 is 11.6 Å². The molecule has 0 heterocycles. The summed E-state index contributed by atoms with van der Waals surface area (Å²) in [6.07, 6.45) is -3.66. The van der Waals surface area contributed by atoms with Gasteiger partial charge in [0.1, 0.15) is 18.1 Å². The predicted molar refractivity (Wildman–Crippen MR) is 98.8 cm³/mol. The number of halogens is 3. The van der Waals surface area contributed by atoms with Gasteiger partial charge in [0.25, 0.3) is 5.91 Å². The first-order valence-corrected chi connectivity index (χ1v) is 8.68. The molecule has 0 aromatic heterocycles. The van der Waals surface area contributed by atoms with Crippen molar-refractivity contribution in [1.82, 2.24) is 0 Å². The molecule has 2 aromatic rings. The first-order valence-electron chi connectivity index (χ1n) is 8.68. The predicted octanol–water partition coefficient (Wildman–Crippen LogP) is 4.31. The lowest BCUT2D eigenvalue weighted by Gasteiger charge is -2.15. The summed E-state index contributed by atoms with van der Waals surface area (Å²) in [5, 5.41) is 2.41. The van der Waals surface area contributed by atoms with E-state index in [4.69, 9.17) is 14.2 Å². The molecule has 28 heavy (non-hydrogen) atoms. The van der Waals surface area contributed by atoms with Crippen LogP contribution in [0.2, 0.25) is 0 Å². The van der Waals surface area contributed by atoms with E-state index >= 15 is 0 Å². The van der Waals surface area contributed by atoms with Crippen LogP contribution in [0.4, 0.5) is 18.9 Å². The quantitative estimate of drug-likeness (QED) is 0.641. The number of carbonyl (C=O) groups is 1. The summed E-state index contributed by atoms with van der Waals surface area (Å²) in [4.78, 5) is 12.2. The third-order valence-electron chi connectivity index (χ3n) is 3.83. The number of aryl methyl sites for hydroxylation is 1. The summed E-state index contributed by atoms with van der Waals surface area (Å²) >= 11 is 0. The molecule has 5 nitrogen and oxygen atoms in total. The molecule has 0 atom stereocenters. The first kappa shape index (κ1) is 21.6. The maximum Gasteiger partial charge on any atom is 0.416 e. The minimum Gasteiger partial charge on any atom is -0.489 e. The fourth-order valence-corrected chi connectivity index (χ4v) is 2.32. The molecule has 0 aliphatic carbocycles. The summed E-state index contributed by atoms with van der Waals surface area (Å²) in [5.74, 6) is 0.00847. The van der Waals surface area contributed by atoms with Crippen LogP contribution < -0.4 is 14.8 Å². The molecule has 0 bridgehead atoms. The zero-order chi connectivity index (χ0) is 20.6. The number of benzene rings is 2. The van der Waals surface area contributed by atoms with Crippen molar-refractivity contribution in [1.29, 1.82) is 0 Å². The van der Waals surface area contributed by atoms with Crippen molar-refractivity contribution in [3.8, 4) is 11.5 Å². The van der Waals surface area contributed by atoms with Crippen LogP contribution in [0.1, 0.15) is 18.1 Å². The monoisotopic (exact) mass is 397 g/mol. The van der Waals surface area contributed by atoms with E-state index in [2.05, 4.69) is 5.32 Å². The smallest absolute Gasteiger partial charge is 0.416 e. The zero-order valence-corrected chi connectivity index (χ0v) is 15.6. The average molecular weight is 397 g/mol. The van der Waals surface area contributed by atoms with E-state index in [1.54, 1.807) is 12.1 Å². The van der Waals surface area contributed by atoms with Crippen LogP contribution in [-0.4, -0.2) is 32.8 Å². The van der Waals surface area contributed by atoms with Gasteiger partial charge in [0, 0.05) is 7.11 Å². The number of methoxy groups -OCH3 is 1. The molecule has 1 amide bonds. The molecule has 0 saturated heterocycles. The van der Waals surface area contributed by atoms with Crippen LogP contribution >= 0.6 is 0 Å². The van der Waals surface area contributed by atoms with Crippen LogP contribution in [0.3, 0.4) is 0 Å². The molecule has 0 spiro atoms. The highest BCUT2D eigenvalue weighted by molar-refractivity contribution is 5.93. The highest BCUT2D eigenvalue weighted by Gasteiger charge is 2.31. The van der Waals surface area contributed by atoms with Gasteiger partial charge in [-0.25, -0.2) is 0 Å². The van der Waals surface area contributed by atoms with E-state index in [0.717, 1.165) is 24.1 Å². The molecule has 0 radical (unpaired) electrons. The van der Waals surface area contributed by atoms with Gasteiger partial charge in [0.05, 0.1) is 17.9 Å². The number of rotatable bonds is 9. The molecule has 2 rings (SSSR count). The largest absolute Gasteiger partial charge is 0.489 e. The van der Waals surface area contributed by atoms with Gasteiger partial charge in [-0.2, -0.15) is 13.2 Å². The third-order valence-corrected chi connectivity index (χ3v) is 3.83.